The van der Waals surface area contributed by atoms with E-state index in [1.54, 1.807) is 0 Å². The van der Waals surface area contributed by atoms with Crippen LogP contribution in [0.25, 0.3) is 0 Å². The Kier molecular flexibility index (Phi) is 2.50. The van der Waals surface area contributed by atoms with Gasteiger partial charge in [0, 0.05) is 6.07 Å². The third-order valence-corrected chi connectivity index (χ3v) is 1.90. The van der Waals surface area contributed by atoms with E-state index in [0.29, 0.717) is 0 Å². The molecule has 0 atom stereocenters. The molecule has 1 heteroatoms. The van der Waals surface area contributed by atoms with Crippen molar-refractivity contribution >= 4 is 0 Å². The van der Waals surface area contributed by atoms with Crippen LogP contribution >= 0.6 is 0 Å². The average Bonchev–Trinajstić information content (AvgIpc) is 2.19. The SMILES string of the molecule is Cc1cccc(Oc2[c]cccc2)c1. The lowest BCUT2D eigenvalue weighted by molar-refractivity contribution is 0.481. The van der Waals surface area contributed by atoms with Gasteiger partial charge < -0.3 is 4.74 Å². The Morgan fingerprint density at radius 2 is 2.00 bits per heavy atom. The highest BCUT2D eigenvalue weighted by Crippen LogP contribution is 2.20. The maximum absolute atomic E-state index is 5.60. The van der Waals surface area contributed by atoms with E-state index in [1.165, 1.54) is 5.56 Å². The van der Waals surface area contributed by atoms with E-state index in [2.05, 4.69) is 6.07 Å². The first-order valence-corrected chi connectivity index (χ1v) is 4.56. The fourth-order valence-electron chi connectivity index (χ4n) is 1.25. The highest BCUT2D eigenvalue weighted by atomic mass is 16.5. The smallest absolute Gasteiger partial charge is 0.135 e. The lowest BCUT2D eigenvalue weighted by Crippen LogP contribution is -1.83. The maximum Gasteiger partial charge on any atom is 0.135 e. The normalized spacial score (nSPS) is 9.79. The second-order valence-electron chi connectivity index (χ2n) is 3.15. The third-order valence-electron chi connectivity index (χ3n) is 1.90. The summed E-state index contributed by atoms with van der Waals surface area (Å²) in [5, 5.41) is 0. The molecule has 0 unspecified atom stereocenters. The van der Waals surface area contributed by atoms with Crippen LogP contribution in [0.15, 0.2) is 48.5 Å². The van der Waals surface area contributed by atoms with Gasteiger partial charge in [-0.25, -0.2) is 0 Å². The Morgan fingerprint density at radius 3 is 2.71 bits per heavy atom. The van der Waals surface area contributed by atoms with Crippen molar-refractivity contribution in [2.45, 2.75) is 6.92 Å². The van der Waals surface area contributed by atoms with E-state index < -0.39 is 0 Å². The Labute approximate surface area is 84.0 Å². The first-order valence-electron chi connectivity index (χ1n) is 4.56. The van der Waals surface area contributed by atoms with Gasteiger partial charge in [-0.2, -0.15) is 0 Å². The van der Waals surface area contributed by atoms with Crippen LogP contribution in [-0.4, -0.2) is 0 Å². The van der Waals surface area contributed by atoms with E-state index in [4.69, 9.17) is 4.74 Å². The highest BCUT2D eigenvalue weighted by molar-refractivity contribution is 5.32. The van der Waals surface area contributed by atoms with Crippen molar-refractivity contribution in [2.24, 2.45) is 0 Å². The zero-order valence-corrected chi connectivity index (χ0v) is 8.03. The van der Waals surface area contributed by atoms with Crippen molar-refractivity contribution < 1.29 is 4.74 Å². The van der Waals surface area contributed by atoms with Crippen LogP contribution in [0, 0.1) is 13.0 Å². The molecule has 0 aliphatic heterocycles. The van der Waals surface area contributed by atoms with Gasteiger partial charge in [0.15, 0.2) is 0 Å². The van der Waals surface area contributed by atoms with Crippen molar-refractivity contribution in [2.75, 3.05) is 0 Å². The molecule has 2 aromatic rings. The lowest BCUT2D eigenvalue weighted by Gasteiger charge is -2.04. The predicted octanol–water partition coefficient (Wildman–Crippen LogP) is 3.59. The van der Waals surface area contributed by atoms with Crippen LogP contribution in [0.3, 0.4) is 0 Å². The molecule has 0 bridgehead atoms. The molecule has 1 nitrogen and oxygen atoms in total. The summed E-state index contributed by atoms with van der Waals surface area (Å²) in [5.74, 6) is 1.60. The number of hydrogen-bond acceptors (Lipinski definition) is 1. The Morgan fingerprint density at radius 1 is 1.07 bits per heavy atom. The molecule has 14 heavy (non-hydrogen) atoms. The summed E-state index contributed by atoms with van der Waals surface area (Å²) in [6.45, 7) is 2.04. The minimum atomic E-state index is 0.748. The predicted molar refractivity (Wildman–Crippen MR) is 56.5 cm³/mol. The summed E-state index contributed by atoms with van der Waals surface area (Å²) in [5.41, 5.74) is 1.19. The average molecular weight is 183 g/mol. The fourth-order valence-corrected chi connectivity index (χ4v) is 1.25. The maximum atomic E-state index is 5.60. The van der Waals surface area contributed by atoms with E-state index >= 15 is 0 Å². The number of para-hydroxylation sites is 1. The Bertz CT molecular complexity index is 407. The standard InChI is InChI=1S/C13H11O/c1-11-6-5-9-13(10-11)14-12-7-3-2-4-8-12/h2-7,9-10H,1H3. The van der Waals surface area contributed by atoms with E-state index in [9.17, 15) is 0 Å². The van der Waals surface area contributed by atoms with Crippen molar-refractivity contribution in [3.8, 4) is 11.5 Å². The number of rotatable bonds is 2. The fraction of sp³-hybridized carbons (Fsp3) is 0.0769. The second-order valence-corrected chi connectivity index (χ2v) is 3.15. The van der Waals surface area contributed by atoms with Crippen LogP contribution in [0.2, 0.25) is 0 Å². The molecule has 1 radical (unpaired) electrons. The van der Waals surface area contributed by atoms with Gasteiger partial charge in [-0.15, -0.1) is 0 Å². The third kappa shape index (κ3) is 2.13. The van der Waals surface area contributed by atoms with Crippen LogP contribution in [-0.2, 0) is 0 Å². The van der Waals surface area contributed by atoms with Gasteiger partial charge in [-0.1, -0.05) is 30.3 Å². The topological polar surface area (TPSA) is 9.23 Å². The van der Waals surface area contributed by atoms with Gasteiger partial charge in [-0.05, 0) is 30.7 Å². The monoisotopic (exact) mass is 183 g/mol. The second kappa shape index (κ2) is 3.97. The molecular formula is C13H11O. The van der Waals surface area contributed by atoms with Gasteiger partial charge in [0.1, 0.15) is 11.5 Å². The number of ether oxygens (including phenoxy) is 1. The molecule has 0 N–H and O–H groups in total. The molecule has 0 amide bonds. The molecule has 0 heterocycles. The minimum Gasteiger partial charge on any atom is -0.457 e. The van der Waals surface area contributed by atoms with Gasteiger partial charge in [-0.3, -0.25) is 0 Å². The minimum absolute atomic E-state index is 0.748. The van der Waals surface area contributed by atoms with Crippen LogP contribution < -0.4 is 4.74 Å². The quantitative estimate of drug-likeness (QED) is 0.691. The van der Waals surface area contributed by atoms with E-state index in [-0.39, 0.29) is 0 Å². The summed E-state index contributed by atoms with van der Waals surface area (Å²) in [4.78, 5) is 0. The molecular weight excluding hydrogens is 172 g/mol. The van der Waals surface area contributed by atoms with Crippen LogP contribution in [0.4, 0.5) is 0 Å². The summed E-state index contributed by atoms with van der Waals surface area (Å²) in [6.07, 6.45) is 0. The molecule has 0 aromatic heterocycles. The largest absolute Gasteiger partial charge is 0.457 e. The number of aryl methyl sites for hydroxylation is 1. The van der Waals surface area contributed by atoms with Gasteiger partial charge in [0.25, 0.3) is 0 Å². The number of hydrogen-bond donors (Lipinski definition) is 0. The van der Waals surface area contributed by atoms with Crippen molar-refractivity contribution in [1.82, 2.24) is 0 Å². The zero-order chi connectivity index (χ0) is 9.80. The molecule has 0 saturated heterocycles. The van der Waals surface area contributed by atoms with E-state index in [1.807, 2.05) is 55.5 Å². The summed E-state index contributed by atoms with van der Waals surface area (Å²) in [7, 11) is 0. The van der Waals surface area contributed by atoms with E-state index in [0.717, 1.165) is 11.5 Å². The first-order chi connectivity index (χ1) is 6.84. The van der Waals surface area contributed by atoms with Gasteiger partial charge in [0.05, 0.1) is 0 Å². The van der Waals surface area contributed by atoms with Crippen LogP contribution in [0.1, 0.15) is 5.56 Å². The van der Waals surface area contributed by atoms with Gasteiger partial charge >= 0.3 is 0 Å². The highest BCUT2D eigenvalue weighted by Gasteiger charge is 1.95. The zero-order valence-electron chi connectivity index (χ0n) is 8.03. The Balaban J connectivity index is 2.19. The molecule has 0 spiro atoms. The molecule has 0 fully saturated rings. The summed E-state index contributed by atoms with van der Waals surface area (Å²) < 4.78 is 5.60. The molecule has 69 valence electrons. The molecule has 2 rings (SSSR count). The molecule has 0 saturated carbocycles. The number of benzene rings is 2. The summed E-state index contributed by atoms with van der Waals surface area (Å²) >= 11 is 0. The molecule has 0 aliphatic carbocycles. The molecule has 0 aliphatic rings. The van der Waals surface area contributed by atoms with Crippen molar-refractivity contribution in [3.63, 3.8) is 0 Å². The van der Waals surface area contributed by atoms with Crippen molar-refractivity contribution in [1.29, 1.82) is 0 Å². The van der Waals surface area contributed by atoms with Crippen molar-refractivity contribution in [3.05, 3.63) is 60.2 Å². The van der Waals surface area contributed by atoms with Gasteiger partial charge in [0.2, 0.25) is 0 Å². The molecule has 2 aromatic carbocycles. The first kappa shape index (κ1) is 8.82. The summed E-state index contributed by atoms with van der Waals surface area (Å²) in [6, 6.07) is 18.6. The Hall–Kier alpha value is -1.76. The lowest BCUT2D eigenvalue weighted by atomic mass is 10.2. The van der Waals surface area contributed by atoms with Crippen LogP contribution in [0.5, 0.6) is 11.5 Å².